The second-order valence-corrected chi connectivity index (χ2v) is 3.70. The van der Waals surface area contributed by atoms with Gasteiger partial charge in [0.2, 0.25) is 11.9 Å². The number of nitrogens with one attached hydrogen (secondary N) is 1. The molecule has 0 saturated carbocycles. The minimum absolute atomic E-state index is 0.000803. The van der Waals surface area contributed by atoms with Gasteiger partial charge in [0.25, 0.3) is 5.95 Å². The number of aromatic nitrogens is 5. The summed E-state index contributed by atoms with van der Waals surface area (Å²) < 4.78 is 1.49. The van der Waals surface area contributed by atoms with Crippen LogP contribution >= 0.6 is 0 Å². The normalized spacial score (nSPS) is 12.3. The van der Waals surface area contributed by atoms with Crippen LogP contribution in [0, 0.1) is 0 Å². The number of aliphatic hydroxyl groups is 1. The first-order chi connectivity index (χ1) is 8.72. The molecule has 0 spiro atoms. The lowest BCUT2D eigenvalue weighted by Gasteiger charge is -2.14. The van der Waals surface area contributed by atoms with Crippen LogP contribution < -0.4 is 11.1 Å². The summed E-state index contributed by atoms with van der Waals surface area (Å²) in [5, 5.41) is 16.1. The lowest BCUT2D eigenvalue weighted by molar-refractivity contribution is 0.271. The van der Waals surface area contributed by atoms with Crippen molar-refractivity contribution in [2.45, 2.75) is 19.4 Å². The van der Waals surface area contributed by atoms with E-state index < -0.39 is 0 Å². The number of nitrogens with two attached hydrogens (primary N) is 1. The molecule has 1 unspecified atom stereocenters. The molecule has 4 N–H and O–H groups in total. The van der Waals surface area contributed by atoms with Gasteiger partial charge in [-0.3, -0.25) is 0 Å². The summed E-state index contributed by atoms with van der Waals surface area (Å²) in [6.45, 7) is 1.95. The average molecular weight is 249 g/mol. The Morgan fingerprint density at radius 3 is 2.89 bits per heavy atom. The Kier molecular flexibility index (Phi) is 3.68. The Hall–Kier alpha value is -2.22. The predicted octanol–water partition coefficient (Wildman–Crippen LogP) is -0.178. The van der Waals surface area contributed by atoms with Crippen LogP contribution in [0.15, 0.2) is 18.5 Å². The lowest BCUT2D eigenvalue weighted by Crippen LogP contribution is -2.24. The van der Waals surface area contributed by atoms with Gasteiger partial charge >= 0.3 is 0 Å². The Labute approximate surface area is 104 Å². The van der Waals surface area contributed by atoms with Crippen LogP contribution in [-0.2, 0) is 0 Å². The van der Waals surface area contributed by atoms with Crippen LogP contribution in [0.4, 0.5) is 11.9 Å². The Morgan fingerprint density at radius 1 is 1.44 bits per heavy atom. The third kappa shape index (κ3) is 2.72. The van der Waals surface area contributed by atoms with Gasteiger partial charge in [0.1, 0.15) is 0 Å². The first kappa shape index (κ1) is 12.2. The van der Waals surface area contributed by atoms with E-state index >= 15 is 0 Å². The van der Waals surface area contributed by atoms with Crippen molar-refractivity contribution >= 4 is 11.9 Å². The van der Waals surface area contributed by atoms with E-state index in [-0.39, 0.29) is 18.6 Å². The third-order valence-corrected chi connectivity index (χ3v) is 2.40. The quantitative estimate of drug-likeness (QED) is 0.673. The minimum Gasteiger partial charge on any atom is -0.394 e. The summed E-state index contributed by atoms with van der Waals surface area (Å²) in [5.74, 6) is 0.766. The lowest BCUT2D eigenvalue weighted by atomic mass is 10.2. The average Bonchev–Trinajstić information content (AvgIpc) is 2.89. The van der Waals surface area contributed by atoms with Crippen LogP contribution in [0.2, 0.25) is 0 Å². The summed E-state index contributed by atoms with van der Waals surface area (Å²) in [4.78, 5) is 12.1. The van der Waals surface area contributed by atoms with E-state index in [1.807, 2.05) is 6.92 Å². The van der Waals surface area contributed by atoms with Crippen molar-refractivity contribution < 1.29 is 5.11 Å². The SMILES string of the molecule is CCC(CO)Nc1nc(N)nc(-n2cccn2)n1. The molecular weight excluding hydrogens is 234 g/mol. The maximum atomic E-state index is 9.13. The molecule has 0 aromatic carbocycles. The fraction of sp³-hybridized carbons (Fsp3) is 0.400. The number of rotatable bonds is 5. The molecule has 0 fully saturated rings. The molecule has 2 aromatic rings. The van der Waals surface area contributed by atoms with Crippen molar-refractivity contribution in [1.29, 1.82) is 0 Å². The van der Waals surface area contributed by atoms with E-state index in [0.29, 0.717) is 11.9 Å². The largest absolute Gasteiger partial charge is 0.394 e. The Bertz CT molecular complexity index is 495. The molecule has 2 aromatic heterocycles. The molecule has 0 radical (unpaired) electrons. The maximum Gasteiger partial charge on any atom is 0.257 e. The highest BCUT2D eigenvalue weighted by Gasteiger charge is 2.10. The molecule has 18 heavy (non-hydrogen) atoms. The van der Waals surface area contributed by atoms with Crippen molar-refractivity contribution in [3.8, 4) is 5.95 Å². The second-order valence-electron chi connectivity index (χ2n) is 3.70. The van der Waals surface area contributed by atoms with Crippen molar-refractivity contribution in [3.05, 3.63) is 18.5 Å². The van der Waals surface area contributed by atoms with E-state index in [0.717, 1.165) is 6.42 Å². The topological polar surface area (TPSA) is 115 Å². The number of anilines is 2. The third-order valence-electron chi connectivity index (χ3n) is 2.40. The zero-order valence-corrected chi connectivity index (χ0v) is 9.98. The van der Waals surface area contributed by atoms with Gasteiger partial charge in [-0.1, -0.05) is 6.92 Å². The van der Waals surface area contributed by atoms with E-state index in [1.165, 1.54) is 4.68 Å². The predicted molar refractivity (Wildman–Crippen MR) is 66.1 cm³/mol. The van der Waals surface area contributed by atoms with Crippen LogP contribution in [-0.4, -0.2) is 42.5 Å². The minimum atomic E-state index is -0.114. The number of nitrogen functional groups attached to an aromatic ring is 1. The van der Waals surface area contributed by atoms with Crippen molar-refractivity contribution in [1.82, 2.24) is 24.7 Å². The molecule has 96 valence electrons. The van der Waals surface area contributed by atoms with E-state index in [1.54, 1.807) is 18.5 Å². The smallest absolute Gasteiger partial charge is 0.257 e. The van der Waals surface area contributed by atoms with Gasteiger partial charge in [-0.25, -0.2) is 4.68 Å². The molecule has 8 heteroatoms. The van der Waals surface area contributed by atoms with Gasteiger partial charge in [0, 0.05) is 12.4 Å². The zero-order valence-electron chi connectivity index (χ0n) is 9.98. The highest BCUT2D eigenvalue weighted by atomic mass is 16.3. The molecule has 0 amide bonds. The molecule has 2 heterocycles. The Morgan fingerprint density at radius 2 is 2.28 bits per heavy atom. The van der Waals surface area contributed by atoms with Crippen LogP contribution in [0.5, 0.6) is 0 Å². The van der Waals surface area contributed by atoms with E-state index in [4.69, 9.17) is 10.8 Å². The molecule has 0 aliphatic heterocycles. The fourth-order valence-corrected chi connectivity index (χ4v) is 1.39. The number of nitrogens with zero attached hydrogens (tertiary/aromatic N) is 5. The standard InChI is InChI=1S/C10H15N7O/c1-2-7(6-18)13-9-14-8(11)15-10(16-9)17-5-3-4-12-17/h3-5,7,18H,2,6H2,1H3,(H3,11,13,14,15,16). The molecule has 0 saturated heterocycles. The monoisotopic (exact) mass is 249 g/mol. The molecule has 8 nitrogen and oxygen atoms in total. The fourth-order valence-electron chi connectivity index (χ4n) is 1.39. The molecule has 0 aliphatic rings. The molecule has 1 atom stereocenters. The first-order valence-electron chi connectivity index (χ1n) is 5.62. The second kappa shape index (κ2) is 5.41. The zero-order chi connectivity index (χ0) is 13.0. The van der Waals surface area contributed by atoms with Gasteiger partial charge < -0.3 is 16.2 Å². The molecular formula is C10H15N7O. The summed E-state index contributed by atoms with van der Waals surface area (Å²) >= 11 is 0. The molecule has 0 aliphatic carbocycles. The van der Waals surface area contributed by atoms with Gasteiger partial charge in [-0.2, -0.15) is 20.1 Å². The van der Waals surface area contributed by atoms with Gasteiger partial charge in [0.05, 0.1) is 12.6 Å². The van der Waals surface area contributed by atoms with Crippen LogP contribution in [0.3, 0.4) is 0 Å². The summed E-state index contributed by atoms with van der Waals surface area (Å²) in [5.41, 5.74) is 5.62. The van der Waals surface area contributed by atoms with Crippen molar-refractivity contribution in [2.75, 3.05) is 17.7 Å². The van der Waals surface area contributed by atoms with Gasteiger partial charge in [0.15, 0.2) is 0 Å². The number of hydrogen-bond donors (Lipinski definition) is 3. The first-order valence-corrected chi connectivity index (χ1v) is 5.62. The Balaban J connectivity index is 2.27. The summed E-state index contributed by atoms with van der Waals surface area (Å²) in [7, 11) is 0. The van der Waals surface area contributed by atoms with Gasteiger partial charge in [-0.05, 0) is 12.5 Å². The van der Waals surface area contributed by atoms with Crippen molar-refractivity contribution in [3.63, 3.8) is 0 Å². The number of hydrogen-bond acceptors (Lipinski definition) is 7. The molecule has 0 bridgehead atoms. The van der Waals surface area contributed by atoms with Crippen LogP contribution in [0.25, 0.3) is 5.95 Å². The summed E-state index contributed by atoms with van der Waals surface area (Å²) in [6.07, 6.45) is 4.08. The van der Waals surface area contributed by atoms with Crippen molar-refractivity contribution in [2.24, 2.45) is 0 Å². The highest BCUT2D eigenvalue weighted by molar-refractivity contribution is 5.35. The molecule has 2 rings (SSSR count). The van der Waals surface area contributed by atoms with Gasteiger partial charge in [-0.15, -0.1) is 0 Å². The number of aliphatic hydroxyl groups excluding tert-OH is 1. The maximum absolute atomic E-state index is 9.13. The summed E-state index contributed by atoms with van der Waals surface area (Å²) in [6, 6.07) is 1.65. The van der Waals surface area contributed by atoms with E-state index in [2.05, 4.69) is 25.4 Å². The van der Waals surface area contributed by atoms with E-state index in [9.17, 15) is 0 Å². The van der Waals surface area contributed by atoms with Crippen LogP contribution in [0.1, 0.15) is 13.3 Å². The highest BCUT2D eigenvalue weighted by Crippen LogP contribution is 2.08.